The molecule has 4 heterocycles. The molecule has 0 bridgehead atoms. The van der Waals surface area contributed by atoms with Crippen molar-refractivity contribution < 1.29 is 32.3 Å². The van der Waals surface area contributed by atoms with Crippen LogP contribution in [0, 0.1) is 23.4 Å². The van der Waals surface area contributed by atoms with Crippen molar-refractivity contribution in [3.05, 3.63) is 131 Å². The fourth-order valence-corrected chi connectivity index (χ4v) is 8.09. The molecule has 5 aromatic rings. The third-order valence-electron chi connectivity index (χ3n) is 11.7. The van der Waals surface area contributed by atoms with Gasteiger partial charge in [0, 0.05) is 79.6 Å². The molecule has 4 aromatic carbocycles. The van der Waals surface area contributed by atoms with Gasteiger partial charge in [0.05, 0.1) is 17.7 Å². The molecule has 1 aromatic heterocycles. The molecule has 0 saturated carbocycles. The van der Waals surface area contributed by atoms with Crippen LogP contribution < -0.4 is 31.6 Å². The number of aromatic nitrogens is 2. The van der Waals surface area contributed by atoms with Crippen molar-refractivity contribution in [1.29, 1.82) is 0 Å². The number of hydrogen-bond donors (Lipinski definition) is 5. The lowest BCUT2D eigenvalue weighted by molar-refractivity contribution is -0.134. The molecule has 0 radical (unpaired) electrons. The molecule has 1 atom stereocenters. The Labute approximate surface area is 362 Å². The van der Waals surface area contributed by atoms with Gasteiger partial charge < -0.3 is 20.9 Å². The summed E-state index contributed by atoms with van der Waals surface area (Å²) in [6.45, 7) is 5.77. The summed E-state index contributed by atoms with van der Waals surface area (Å²) in [6.07, 6.45) is 4.56. The Morgan fingerprint density at radius 1 is 0.730 bits per heavy atom. The van der Waals surface area contributed by atoms with Gasteiger partial charge in [-0.15, -0.1) is 0 Å². The second-order valence-electron chi connectivity index (χ2n) is 15.9. The van der Waals surface area contributed by atoms with E-state index in [0.29, 0.717) is 40.5 Å². The van der Waals surface area contributed by atoms with E-state index in [9.17, 15) is 28.0 Å². The summed E-state index contributed by atoms with van der Waals surface area (Å²) in [5.41, 5.74) is 6.06. The topological polar surface area (TPSA) is 164 Å². The number of amides is 4. The number of hydrogen-bond acceptors (Lipinski definition) is 11. The predicted molar refractivity (Wildman–Crippen MR) is 232 cm³/mol. The molecule has 1 unspecified atom stereocenters. The van der Waals surface area contributed by atoms with E-state index in [4.69, 9.17) is 0 Å². The van der Waals surface area contributed by atoms with Gasteiger partial charge in [-0.25, -0.2) is 23.2 Å². The smallest absolute Gasteiger partial charge is 0.265 e. The number of nitrogens with zero attached hydrogens (tertiary/aromatic N) is 5. The number of nitrogens with one attached hydrogen (secondary N) is 5. The van der Waals surface area contributed by atoms with Crippen LogP contribution in [0.1, 0.15) is 64.3 Å². The number of hydrazine groups is 1. The molecular weight excluding hydrogens is 814 g/mol. The summed E-state index contributed by atoms with van der Waals surface area (Å²) in [5, 5.41) is 12.8. The number of imide groups is 1. The average molecular weight is 861 g/mol. The Balaban J connectivity index is 0.742. The molecule has 5 N–H and O–H groups in total. The maximum Gasteiger partial charge on any atom is 0.265 e. The highest BCUT2D eigenvalue weighted by molar-refractivity contribution is 6.04. The largest absolute Gasteiger partial charge is 0.369 e. The minimum Gasteiger partial charge on any atom is -0.369 e. The van der Waals surface area contributed by atoms with E-state index in [0.717, 1.165) is 77.0 Å². The number of piperazine rings is 1. The van der Waals surface area contributed by atoms with Gasteiger partial charge in [-0.3, -0.25) is 34.8 Å². The Morgan fingerprint density at radius 3 is 2.14 bits per heavy atom. The molecule has 3 fully saturated rings. The molecular formula is C46H47F3N10O4. The van der Waals surface area contributed by atoms with E-state index in [1.807, 2.05) is 11.1 Å². The first-order valence-electron chi connectivity index (χ1n) is 21.0. The average Bonchev–Trinajstić information content (AvgIpc) is 3.29. The number of rotatable bonds is 13. The number of anilines is 6. The van der Waals surface area contributed by atoms with E-state index in [1.54, 1.807) is 60.7 Å². The fraction of sp³-hybridized carbons (Fsp3) is 0.304. The first-order valence-corrected chi connectivity index (χ1v) is 21.0. The van der Waals surface area contributed by atoms with Gasteiger partial charge in [-0.1, -0.05) is 18.2 Å². The van der Waals surface area contributed by atoms with Gasteiger partial charge in [0.25, 0.3) is 11.8 Å². The Hall–Kier alpha value is -6.85. The first-order chi connectivity index (χ1) is 30.5. The minimum atomic E-state index is -0.683. The van der Waals surface area contributed by atoms with Gasteiger partial charge >= 0.3 is 0 Å². The Bertz CT molecular complexity index is 2460. The minimum absolute atomic E-state index is 0.0812. The van der Waals surface area contributed by atoms with E-state index in [1.165, 1.54) is 24.3 Å². The Kier molecular flexibility index (Phi) is 13.2. The van der Waals surface area contributed by atoms with Crippen LogP contribution in [0.4, 0.5) is 47.7 Å². The maximum absolute atomic E-state index is 15.1. The SMILES string of the molecule is O=C1CCC(c2ccc(N3CCN(CCC4CCN(NC(=O)c5ccc(Nc6ncc(F)c(Nc7ccc(NC(=O)c8ccccc8F)cc7)n6)cc5)CC4)CC3)cc2F)C(=O)N1. The van der Waals surface area contributed by atoms with E-state index < -0.39 is 35.2 Å². The molecule has 3 aliphatic rings. The lowest BCUT2D eigenvalue weighted by atomic mass is 9.90. The molecule has 4 amide bonds. The second kappa shape index (κ2) is 19.5. The van der Waals surface area contributed by atoms with Crippen LogP contribution in [-0.2, 0) is 9.59 Å². The van der Waals surface area contributed by atoms with E-state index in [-0.39, 0.29) is 35.6 Å². The zero-order valence-electron chi connectivity index (χ0n) is 34.4. The lowest BCUT2D eigenvalue weighted by Crippen LogP contribution is -2.48. The molecule has 14 nitrogen and oxygen atoms in total. The monoisotopic (exact) mass is 860 g/mol. The van der Waals surface area contributed by atoms with Crippen LogP contribution in [0.3, 0.4) is 0 Å². The van der Waals surface area contributed by atoms with E-state index >= 15 is 4.39 Å². The second-order valence-corrected chi connectivity index (χ2v) is 15.9. The molecule has 3 aliphatic heterocycles. The molecule has 8 rings (SSSR count). The summed E-state index contributed by atoms with van der Waals surface area (Å²) in [4.78, 5) is 62.2. The molecule has 63 heavy (non-hydrogen) atoms. The molecule has 0 aliphatic carbocycles. The summed E-state index contributed by atoms with van der Waals surface area (Å²) < 4.78 is 43.8. The predicted octanol–water partition coefficient (Wildman–Crippen LogP) is 6.72. The van der Waals surface area contributed by atoms with Crippen LogP contribution in [0.2, 0.25) is 0 Å². The highest BCUT2D eigenvalue weighted by Crippen LogP contribution is 2.30. The van der Waals surface area contributed by atoms with Crippen molar-refractivity contribution >= 4 is 58.1 Å². The fourth-order valence-electron chi connectivity index (χ4n) is 8.09. The third kappa shape index (κ3) is 10.8. The van der Waals surface area contributed by atoms with Crippen LogP contribution in [0.5, 0.6) is 0 Å². The number of carbonyl (C=O) groups is 4. The van der Waals surface area contributed by atoms with Crippen molar-refractivity contribution in [2.75, 3.05) is 66.7 Å². The number of piperidine rings is 2. The van der Waals surface area contributed by atoms with E-state index in [2.05, 4.69) is 46.5 Å². The zero-order valence-corrected chi connectivity index (χ0v) is 34.4. The number of benzene rings is 4. The van der Waals surface area contributed by atoms with Crippen molar-refractivity contribution in [1.82, 2.24) is 30.6 Å². The highest BCUT2D eigenvalue weighted by Gasteiger charge is 2.31. The maximum atomic E-state index is 15.1. The lowest BCUT2D eigenvalue weighted by Gasteiger charge is -2.38. The van der Waals surface area contributed by atoms with Crippen molar-refractivity contribution in [2.45, 2.75) is 38.0 Å². The Morgan fingerprint density at radius 2 is 1.43 bits per heavy atom. The van der Waals surface area contributed by atoms with Crippen LogP contribution >= 0.6 is 0 Å². The van der Waals surface area contributed by atoms with Crippen molar-refractivity contribution in [2.24, 2.45) is 5.92 Å². The van der Waals surface area contributed by atoms with Crippen LogP contribution in [-0.4, -0.2) is 89.3 Å². The van der Waals surface area contributed by atoms with Gasteiger partial charge in [0.1, 0.15) is 11.6 Å². The number of halogens is 3. The third-order valence-corrected chi connectivity index (χ3v) is 11.7. The first kappa shape index (κ1) is 42.8. The van der Waals surface area contributed by atoms with Crippen LogP contribution in [0.15, 0.2) is 97.2 Å². The molecule has 326 valence electrons. The van der Waals surface area contributed by atoms with Crippen molar-refractivity contribution in [3.63, 3.8) is 0 Å². The normalized spacial score (nSPS) is 17.5. The molecule has 17 heteroatoms. The van der Waals surface area contributed by atoms with Gasteiger partial charge in [0.2, 0.25) is 17.8 Å². The summed E-state index contributed by atoms with van der Waals surface area (Å²) in [5.74, 6) is -3.35. The van der Waals surface area contributed by atoms with Crippen LogP contribution in [0.25, 0.3) is 0 Å². The van der Waals surface area contributed by atoms with Gasteiger partial charge in [-0.2, -0.15) is 4.98 Å². The zero-order chi connectivity index (χ0) is 43.9. The summed E-state index contributed by atoms with van der Waals surface area (Å²) in [7, 11) is 0. The highest BCUT2D eigenvalue weighted by atomic mass is 19.1. The summed E-state index contributed by atoms with van der Waals surface area (Å²) in [6, 6.07) is 23.9. The number of carbonyl (C=O) groups excluding carboxylic acids is 4. The standard InChI is InChI=1S/C46H47F3N10O4/c47-38-4-2-1-3-37(38)45(63)52-32-11-9-31(10-12-32)51-42-40(49)28-50-46(55-42)53-33-7-5-30(6-8-33)43(61)56-59-21-18-29(19-22-59)17-20-57-23-25-58(26-24-57)34-13-14-35(39(48)27-34)36-15-16-41(60)54-44(36)62/h1-14,27-29,36H,15-26H2,(H,52,63)(H,56,61)(H,54,60,62)(H2,50,51,53,55). The quantitative estimate of drug-likeness (QED) is 0.0799. The van der Waals surface area contributed by atoms with Crippen molar-refractivity contribution in [3.8, 4) is 0 Å². The van der Waals surface area contributed by atoms with Gasteiger partial charge in [0.15, 0.2) is 11.6 Å². The molecule has 3 saturated heterocycles. The summed E-state index contributed by atoms with van der Waals surface area (Å²) >= 11 is 0. The van der Waals surface area contributed by atoms with Gasteiger partial charge in [-0.05, 0) is 111 Å². The molecule has 0 spiro atoms.